The first-order valence-electron chi connectivity index (χ1n) is 33.7. The van der Waals surface area contributed by atoms with Crippen molar-refractivity contribution in [2.45, 2.75) is 131 Å². The molecule has 2 aromatic heterocycles. The lowest BCUT2D eigenvalue weighted by molar-refractivity contribution is 0.589. The van der Waals surface area contributed by atoms with E-state index in [0.717, 1.165) is 106 Å². The fourth-order valence-corrected chi connectivity index (χ4v) is 15.6. The van der Waals surface area contributed by atoms with Crippen LogP contribution in [-0.2, 0) is 27.1 Å². The number of hydrogen-bond acceptors (Lipinski definition) is 5. The van der Waals surface area contributed by atoms with Crippen molar-refractivity contribution in [1.29, 1.82) is 0 Å². The van der Waals surface area contributed by atoms with Gasteiger partial charge in [0.2, 0.25) is 0 Å². The zero-order chi connectivity index (χ0) is 65.3. The Balaban J connectivity index is 1.01. The summed E-state index contributed by atoms with van der Waals surface area (Å²) in [6.45, 7) is 34.4. The lowest BCUT2D eigenvalue weighted by Crippen LogP contribution is -2.62. The van der Waals surface area contributed by atoms with E-state index in [9.17, 15) is 0 Å². The van der Waals surface area contributed by atoms with Crippen LogP contribution in [0.2, 0.25) is 0 Å². The summed E-state index contributed by atoms with van der Waals surface area (Å²) in [5, 5.41) is 3.22. The standard InChI is InChI=1S/C88H82BN3O2/c1-53-46-59(87(11,12)13)36-45-73(53)91-75-50-70-77(94-83(55-26-20-17-21-27-55)79(70)54-24-18-16-19-25-54)51-72(75)89-81-69(49-68-64-28-22-23-29-71(64)88(14,15)80(68)82(81)91)66-48-67-65-44-43-63(47-76(65)93-78(67)52-74(66)92(89)62-41-34-58(35-42-62)86(8,9)10)90(60-37-30-56(31-38-60)84(2,3)4)61-39-32-57(33-40-61)85(5,6)7/h16-52H,1-15H3. The van der Waals surface area contributed by atoms with E-state index < -0.39 is 0 Å². The normalized spacial score (nSPS) is 14.1. The van der Waals surface area contributed by atoms with Crippen molar-refractivity contribution in [1.82, 2.24) is 0 Å². The Kier molecular flexibility index (Phi) is 13.2. The molecule has 0 N–H and O–H groups in total. The molecule has 2 aliphatic heterocycles. The van der Waals surface area contributed by atoms with E-state index in [1.807, 2.05) is 0 Å². The monoisotopic (exact) mass is 1220 g/mol. The van der Waals surface area contributed by atoms with E-state index in [-0.39, 0.29) is 33.9 Å². The SMILES string of the molecule is Cc1cc(C(C)(C)C)ccc1N1c2cc3c(-c4ccccc4)c(-c4ccccc4)oc3cc2B2c3c(cc4c(c31)C(C)(C)c1ccccc1-4)-c1cc3c(cc1N2c1ccc(C(C)(C)C)cc1)oc1cc(N(c2ccc(C(C)(C)C)cc2)c2ccc(C(C)(C)C)cc2)ccc13. The summed E-state index contributed by atoms with van der Waals surface area (Å²) < 4.78 is 14.8. The van der Waals surface area contributed by atoms with Gasteiger partial charge in [-0.05, 0) is 180 Å². The Morgan fingerprint density at radius 2 is 0.947 bits per heavy atom. The summed E-state index contributed by atoms with van der Waals surface area (Å²) in [4.78, 5) is 7.70. The molecule has 0 bridgehead atoms. The molecule has 0 spiro atoms. The van der Waals surface area contributed by atoms with Crippen molar-refractivity contribution in [3.63, 3.8) is 0 Å². The van der Waals surface area contributed by atoms with Crippen LogP contribution in [0.3, 0.4) is 0 Å². The molecule has 6 heteroatoms. The minimum absolute atomic E-state index is 0.0156. The van der Waals surface area contributed by atoms with E-state index in [0.29, 0.717) is 0 Å². The molecular formula is C88H82BN3O2. The molecule has 0 saturated carbocycles. The molecule has 94 heavy (non-hydrogen) atoms. The van der Waals surface area contributed by atoms with Gasteiger partial charge < -0.3 is 23.4 Å². The molecule has 0 amide bonds. The van der Waals surface area contributed by atoms with Gasteiger partial charge in [0.05, 0.1) is 0 Å². The van der Waals surface area contributed by atoms with Crippen LogP contribution in [0.1, 0.15) is 136 Å². The smallest absolute Gasteiger partial charge is 0.333 e. The van der Waals surface area contributed by atoms with Gasteiger partial charge >= 0.3 is 6.85 Å². The minimum Gasteiger partial charge on any atom is -0.456 e. The van der Waals surface area contributed by atoms with Crippen LogP contribution in [-0.4, -0.2) is 6.85 Å². The van der Waals surface area contributed by atoms with Crippen molar-refractivity contribution in [2.75, 3.05) is 14.6 Å². The molecule has 0 saturated heterocycles. The van der Waals surface area contributed by atoms with Crippen LogP contribution < -0.4 is 25.5 Å². The van der Waals surface area contributed by atoms with Crippen molar-refractivity contribution in [2.24, 2.45) is 0 Å². The van der Waals surface area contributed by atoms with Crippen LogP contribution >= 0.6 is 0 Å². The molecule has 13 aromatic rings. The van der Waals surface area contributed by atoms with Gasteiger partial charge in [-0.3, -0.25) is 0 Å². The van der Waals surface area contributed by atoms with Gasteiger partial charge in [-0.1, -0.05) is 230 Å². The second-order valence-electron chi connectivity index (χ2n) is 31.5. The number of hydrogen-bond donors (Lipinski definition) is 0. The third-order valence-electron chi connectivity index (χ3n) is 20.8. The maximum atomic E-state index is 7.42. The van der Waals surface area contributed by atoms with E-state index in [4.69, 9.17) is 8.83 Å². The fraction of sp³-hybridized carbons (Fsp3) is 0.227. The first-order chi connectivity index (χ1) is 44.8. The zero-order valence-corrected chi connectivity index (χ0v) is 57.1. The van der Waals surface area contributed by atoms with Crippen LogP contribution in [0.5, 0.6) is 0 Å². The summed E-state index contributed by atoms with van der Waals surface area (Å²) in [7, 11) is 0. The molecule has 0 radical (unpaired) electrons. The average Bonchev–Trinajstić information content (AvgIpc) is 1.24. The molecule has 4 heterocycles. The van der Waals surface area contributed by atoms with Crippen molar-refractivity contribution < 1.29 is 8.83 Å². The molecule has 0 unspecified atom stereocenters. The Labute approximate surface area is 555 Å². The van der Waals surface area contributed by atoms with Crippen LogP contribution in [0, 0.1) is 6.92 Å². The average molecular weight is 1220 g/mol. The predicted molar refractivity (Wildman–Crippen MR) is 400 cm³/mol. The molecular weight excluding hydrogens is 1140 g/mol. The van der Waals surface area contributed by atoms with Gasteiger partial charge in [0.15, 0.2) is 0 Å². The zero-order valence-electron chi connectivity index (χ0n) is 57.1. The summed E-state index contributed by atoms with van der Waals surface area (Å²) in [5.74, 6) is 0.858. The van der Waals surface area contributed by atoms with Crippen molar-refractivity contribution in [3.05, 3.63) is 263 Å². The highest BCUT2D eigenvalue weighted by atomic mass is 16.3. The highest BCUT2D eigenvalue weighted by molar-refractivity contribution is 6.94. The summed E-state index contributed by atoms with van der Waals surface area (Å²) >= 11 is 0. The van der Waals surface area contributed by atoms with Gasteiger partial charge in [0.1, 0.15) is 22.5 Å². The van der Waals surface area contributed by atoms with E-state index >= 15 is 0 Å². The van der Waals surface area contributed by atoms with Gasteiger partial charge in [0, 0.05) is 95.9 Å². The number of benzene rings is 11. The number of aryl methyl sites for hydroxylation is 1. The lowest BCUT2D eigenvalue weighted by atomic mass is 9.42. The summed E-state index contributed by atoms with van der Waals surface area (Å²) in [6.07, 6.45) is 0. The molecule has 464 valence electrons. The van der Waals surface area contributed by atoms with Gasteiger partial charge in [-0.15, -0.1) is 0 Å². The Morgan fingerprint density at radius 3 is 1.55 bits per heavy atom. The quantitative estimate of drug-likeness (QED) is 0.149. The van der Waals surface area contributed by atoms with Gasteiger partial charge in [-0.2, -0.15) is 0 Å². The highest BCUT2D eigenvalue weighted by Crippen LogP contribution is 2.59. The van der Waals surface area contributed by atoms with Gasteiger partial charge in [-0.25, -0.2) is 0 Å². The molecule has 3 aliphatic rings. The maximum Gasteiger partial charge on any atom is 0.333 e. The highest BCUT2D eigenvalue weighted by Gasteiger charge is 2.51. The second kappa shape index (κ2) is 20.9. The van der Waals surface area contributed by atoms with E-state index in [1.54, 1.807) is 0 Å². The van der Waals surface area contributed by atoms with Crippen molar-refractivity contribution in [3.8, 4) is 44.7 Å². The van der Waals surface area contributed by atoms with Gasteiger partial charge in [0.25, 0.3) is 0 Å². The number of furan rings is 2. The van der Waals surface area contributed by atoms with Crippen LogP contribution in [0.15, 0.2) is 233 Å². The molecule has 11 aromatic carbocycles. The predicted octanol–water partition coefficient (Wildman–Crippen LogP) is 23.6. The molecule has 0 fully saturated rings. The Bertz CT molecular complexity index is 5140. The molecule has 1 aliphatic carbocycles. The lowest BCUT2D eigenvalue weighted by Gasteiger charge is -2.47. The van der Waals surface area contributed by atoms with E-state index in [1.165, 1.54) is 66.8 Å². The molecule has 5 nitrogen and oxygen atoms in total. The third-order valence-corrected chi connectivity index (χ3v) is 20.8. The Hall–Kier alpha value is -9.78. The summed E-state index contributed by atoms with van der Waals surface area (Å²) in [5.41, 5.74) is 30.6. The molecule has 0 atom stereocenters. The fourth-order valence-electron chi connectivity index (χ4n) is 15.6. The second-order valence-corrected chi connectivity index (χ2v) is 31.5. The van der Waals surface area contributed by atoms with Crippen molar-refractivity contribution >= 4 is 96.2 Å². The first kappa shape index (κ1) is 59.3. The van der Waals surface area contributed by atoms with Crippen LogP contribution in [0.25, 0.3) is 77.6 Å². The maximum absolute atomic E-state index is 7.42. The topological polar surface area (TPSA) is 36.0 Å². The first-order valence-corrected chi connectivity index (χ1v) is 33.7. The minimum atomic E-state index is -0.385. The number of rotatable bonds is 7. The number of fused-ring (bicyclic) bond motifs is 12. The third kappa shape index (κ3) is 9.32. The number of nitrogens with zero attached hydrogens (tertiary/aromatic N) is 3. The Morgan fingerprint density at radius 1 is 0.404 bits per heavy atom. The van der Waals surface area contributed by atoms with Crippen LogP contribution in [0.4, 0.5) is 45.5 Å². The molecule has 16 rings (SSSR count). The summed E-state index contributed by atoms with van der Waals surface area (Å²) in [6, 6.07) is 84.6. The largest absolute Gasteiger partial charge is 0.456 e. The number of anilines is 8. The van der Waals surface area contributed by atoms with E-state index in [2.05, 4.69) is 343 Å².